The third-order valence-electron chi connectivity index (χ3n) is 2.49. The number of nitrogens with two attached hydrogens (primary N) is 1. The van der Waals surface area contributed by atoms with Crippen molar-refractivity contribution >= 4 is 11.6 Å². The van der Waals surface area contributed by atoms with E-state index in [0.717, 1.165) is 24.6 Å². The molecule has 0 saturated carbocycles. The number of hydrogen-bond acceptors (Lipinski definition) is 5. The second-order valence-electron chi connectivity index (χ2n) is 3.73. The van der Waals surface area contributed by atoms with Crippen LogP contribution in [0.1, 0.15) is 6.42 Å². The first-order chi connectivity index (χ1) is 8.33. The minimum Gasteiger partial charge on any atom is -0.330 e. The van der Waals surface area contributed by atoms with Crippen LogP contribution in [0.5, 0.6) is 0 Å². The Labute approximate surface area is 100 Å². The van der Waals surface area contributed by atoms with Crippen molar-refractivity contribution < 1.29 is 0 Å². The maximum Gasteiger partial charge on any atom is 0.249 e. The lowest BCUT2D eigenvalue weighted by atomic mass is 10.3. The quantitative estimate of drug-likeness (QED) is 0.821. The number of nitrogens with zero attached hydrogens (tertiary/aromatic N) is 5. The molecule has 0 spiro atoms. The lowest BCUT2D eigenvalue weighted by Crippen LogP contribution is -2.23. The van der Waals surface area contributed by atoms with Crippen molar-refractivity contribution in [2.75, 3.05) is 18.0 Å². The molecule has 0 aliphatic heterocycles. The molecule has 2 rings (SSSR count). The van der Waals surface area contributed by atoms with Crippen LogP contribution < -0.4 is 10.6 Å². The van der Waals surface area contributed by atoms with Crippen LogP contribution in [0.2, 0.25) is 0 Å². The van der Waals surface area contributed by atoms with Crippen molar-refractivity contribution in [2.24, 2.45) is 12.8 Å². The second-order valence-corrected chi connectivity index (χ2v) is 3.73. The van der Waals surface area contributed by atoms with E-state index in [2.05, 4.69) is 20.4 Å². The number of hydrogen-bond donors (Lipinski definition) is 1. The van der Waals surface area contributed by atoms with Gasteiger partial charge < -0.3 is 10.6 Å². The number of tetrazole rings is 1. The molecule has 2 N–H and O–H groups in total. The number of para-hydroxylation sites is 1. The molecule has 0 fully saturated rings. The van der Waals surface area contributed by atoms with Gasteiger partial charge in [0.05, 0.1) is 0 Å². The second kappa shape index (κ2) is 5.40. The first-order valence-electron chi connectivity index (χ1n) is 5.58. The van der Waals surface area contributed by atoms with Crippen molar-refractivity contribution in [2.45, 2.75) is 6.42 Å². The lowest BCUT2D eigenvalue weighted by Gasteiger charge is -2.22. The molecule has 90 valence electrons. The number of anilines is 2. The largest absolute Gasteiger partial charge is 0.330 e. The van der Waals surface area contributed by atoms with Crippen molar-refractivity contribution in [1.82, 2.24) is 20.2 Å². The molecule has 0 unspecified atom stereocenters. The summed E-state index contributed by atoms with van der Waals surface area (Å²) in [6.07, 6.45) is 0.891. The molecule has 1 heterocycles. The molecule has 17 heavy (non-hydrogen) atoms. The Kier molecular flexibility index (Phi) is 3.66. The van der Waals surface area contributed by atoms with Crippen molar-refractivity contribution in [3.05, 3.63) is 30.3 Å². The number of aryl methyl sites for hydroxylation is 1. The first kappa shape index (κ1) is 11.5. The highest BCUT2D eigenvalue weighted by Crippen LogP contribution is 2.21. The molecule has 0 bridgehead atoms. The van der Waals surface area contributed by atoms with E-state index in [0.29, 0.717) is 6.54 Å². The van der Waals surface area contributed by atoms with Gasteiger partial charge in [0.1, 0.15) is 0 Å². The zero-order valence-electron chi connectivity index (χ0n) is 9.82. The zero-order valence-corrected chi connectivity index (χ0v) is 9.82. The highest BCUT2D eigenvalue weighted by atomic mass is 15.6. The normalized spacial score (nSPS) is 10.5. The molecule has 1 aromatic carbocycles. The summed E-state index contributed by atoms with van der Waals surface area (Å²) in [6.45, 7) is 1.45. The smallest absolute Gasteiger partial charge is 0.249 e. The Morgan fingerprint density at radius 1 is 1.29 bits per heavy atom. The Hall–Kier alpha value is -1.95. The molecule has 0 saturated heterocycles. The molecule has 6 heteroatoms. The lowest BCUT2D eigenvalue weighted by molar-refractivity contribution is 0.696. The minimum absolute atomic E-state index is 0.647. The van der Waals surface area contributed by atoms with Crippen LogP contribution in [0, 0.1) is 0 Å². The standard InChI is InChI=1S/C11H16N6/c1-16-11(13-14-15-16)17(9-5-8-12)10-6-3-2-4-7-10/h2-4,6-7H,5,8-9,12H2,1H3. The van der Waals surface area contributed by atoms with E-state index in [4.69, 9.17) is 5.73 Å². The Bertz CT molecular complexity index is 452. The summed E-state index contributed by atoms with van der Waals surface area (Å²) in [5, 5.41) is 11.6. The fourth-order valence-corrected chi connectivity index (χ4v) is 1.66. The molecule has 6 nitrogen and oxygen atoms in total. The molecular formula is C11H16N6. The van der Waals surface area contributed by atoms with Gasteiger partial charge in [-0.2, -0.15) is 0 Å². The van der Waals surface area contributed by atoms with Gasteiger partial charge in [-0.05, 0) is 35.5 Å². The van der Waals surface area contributed by atoms with Gasteiger partial charge in [0.15, 0.2) is 0 Å². The van der Waals surface area contributed by atoms with Gasteiger partial charge in [-0.3, -0.25) is 0 Å². The summed E-state index contributed by atoms with van der Waals surface area (Å²) < 4.78 is 1.66. The maximum atomic E-state index is 5.56. The van der Waals surface area contributed by atoms with Crippen LogP contribution in [0.4, 0.5) is 11.6 Å². The predicted molar refractivity (Wildman–Crippen MR) is 65.9 cm³/mol. The van der Waals surface area contributed by atoms with Crippen LogP contribution in [-0.4, -0.2) is 33.3 Å². The van der Waals surface area contributed by atoms with Crippen molar-refractivity contribution in [3.8, 4) is 0 Å². The van der Waals surface area contributed by atoms with Gasteiger partial charge in [0, 0.05) is 19.3 Å². The topological polar surface area (TPSA) is 72.9 Å². The number of benzene rings is 1. The van der Waals surface area contributed by atoms with Gasteiger partial charge in [-0.15, -0.1) is 0 Å². The first-order valence-corrected chi connectivity index (χ1v) is 5.58. The fraction of sp³-hybridized carbons (Fsp3) is 0.364. The summed E-state index contributed by atoms with van der Waals surface area (Å²) in [7, 11) is 1.83. The van der Waals surface area contributed by atoms with Crippen LogP contribution in [-0.2, 0) is 7.05 Å². The van der Waals surface area contributed by atoms with Crippen LogP contribution >= 0.6 is 0 Å². The van der Waals surface area contributed by atoms with E-state index in [1.54, 1.807) is 4.68 Å². The zero-order chi connectivity index (χ0) is 12.1. The van der Waals surface area contributed by atoms with Gasteiger partial charge in [-0.25, -0.2) is 4.68 Å². The molecular weight excluding hydrogens is 216 g/mol. The average molecular weight is 232 g/mol. The SMILES string of the molecule is Cn1nnnc1N(CCCN)c1ccccc1. The summed E-state index contributed by atoms with van der Waals surface area (Å²) in [6, 6.07) is 10.0. The highest BCUT2D eigenvalue weighted by Gasteiger charge is 2.14. The molecule has 1 aromatic heterocycles. The molecule has 0 atom stereocenters. The Morgan fingerprint density at radius 2 is 2.06 bits per heavy atom. The van der Waals surface area contributed by atoms with E-state index in [1.807, 2.05) is 37.4 Å². The molecule has 0 aliphatic rings. The number of rotatable bonds is 5. The molecule has 2 aromatic rings. The molecule has 0 aliphatic carbocycles. The van der Waals surface area contributed by atoms with Crippen LogP contribution in [0.25, 0.3) is 0 Å². The highest BCUT2D eigenvalue weighted by molar-refractivity contribution is 5.56. The third kappa shape index (κ3) is 2.59. The minimum atomic E-state index is 0.647. The van der Waals surface area contributed by atoms with Crippen molar-refractivity contribution in [3.63, 3.8) is 0 Å². The molecule has 0 radical (unpaired) electrons. The summed E-state index contributed by atoms with van der Waals surface area (Å²) in [5.41, 5.74) is 6.63. The predicted octanol–water partition coefficient (Wildman–Crippen LogP) is 0.697. The number of aromatic nitrogens is 4. The Morgan fingerprint density at radius 3 is 2.65 bits per heavy atom. The average Bonchev–Trinajstić information content (AvgIpc) is 2.78. The van der Waals surface area contributed by atoms with Crippen LogP contribution in [0.3, 0.4) is 0 Å². The third-order valence-corrected chi connectivity index (χ3v) is 2.49. The van der Waals surface area contributed by atoms with Gasteiger partial charge in [0.25, 0.3) is 0 Å². The van der Waals surface area contributed by atoms with Crippen molar-refractivity contribution in [1.29, 1.82) is 0 Å². The van der Waals surface area contributed by atoms with E-state index >= 15 is 0 Å². The van der Waals surface area contributed by atoms with Gasteiger partial charge in [0.2, 0.25) is 5.95 Å². The Balaban J connectivity index is 2.29. The van der Waals surface area contributed by atoms with Gasteiger partial charge in [-0.1, -0.05) is 23.3 Å². The van der Waals surface area contributed by atoms with E-state index in [-0.39, 0.29) is 0 Å². The summed E-state index contributed by atoms with van der Waals surface area (Å²) in [5.74, 6) is 0.727. The van der Waals surface area contributed by atoms with E-state index < -0.39 is 0 Å². The van der Waals surface area contributed by atoms with Crippen LogP contribution in [0.15, 0.2) is 30.3 Å². The monoisotopic (exact) mass is 232 g/mol. The summed E-state index contributed by atoms with van der Waals surface area (Å²) >= 11 is 0. The molecule has 0 amide bonds. The fourth-order valence-electron chi connectivity index (χ4n) is 1.66. The maximum absolute atomic E-state index is 5.56. The summed E-state index contributed by atoms with van der Waals surface area (Å²) in [4.78, 5) is 2.06. The van der Waals surface area contributed by atoms with E-state index in [9.17, 15) is 0 Å². The van der Waals surface area contributed by atoms with Gasteiger partial charge >= 0.3 is 0 Å². The van der Waals surface area contributed by atoms with E-state index in [1.165, 1.54) is 0 Å².